The van der Waals surface area contributed by atoms with E-state index in [4.69, 9.17) is 9.63 Å². The molecule has 146 valence electrons. The number of rotatable bonds is 5. The molecule has 3 rings (SSSR count). The average Bonchev–Trinajstić information content (AvgIpc) is 3.10. The van der Waals surface area contributed by atoms with Crippen LogP contribution in [-0.4, -0.2) is 27.4 Å². The van der Waals surface area contributed by atoms with Crippen molar-refractivity contribution in [1.82, 2.24) is 10.1 Å². The molecular formula is C18H11F5N2O3. The second-order valence-electron chi connectivity index (χ2n) is 5.87. The Hall–Kier alpha value is -3.30. The molecule has 28 heavy (non-hydrogen) atoms. The first-order valence-electron chi connectivity index (χ1n) is 7.79. The largest absolute Gasteiger partial charge is 0.478 e. The molecule has 1 heterocycles. The van der Waals surface area contributed by atoms with Gasteiger partial charge in [0.25, 0.3) is 12.3 Å². The summed E-state index contributed by atoms with van der Waals surface area (Å²) in [6, 6.07) is 8.37. The van der Waals surface area contributed by atoms with Crippen LogP contribution in [0.3, 0.4) is 0 Å². The number of carboxylic acid groups (broad SMARTS) is 1. The van der Waals surface area contributed by atoms with Gasteiger partial charge in [-0.25, -0.2) is 13.6 Å². The molecule has 0 aliphatic carbocycles. The van der Waals surface area contributed by atoms with E-state index in [0.717, 1.165) is 18.2 Å². The van der Waals surface area contributed by atoms with E-state index in [1.54, 1.807) is 0 Å². The second-order valence-corrected chi connectivity index (χ2v) is 5.87. The maximum atomic E-state index is 13.1. The quantitative estimate of drug-likeness (QED) is 0.602. The van der Waals surface area contributed by atoms with Crippen LogP contribution in [0.4, 0.5) is 22.0 Å². The van der Waals surface area contributed by atoms with Crippen LogP contribution in [0.2, 0.25) is 0 Å². The molecular weight excluding hydrogens is 387 g/mol. The standard InChI is InChI=1S/C18H11F5N2O3/c19-14(20)12-4-9(8-18(21,22)23)5-13(7-12)16-24-15(25-28-16)10-2-1-3-11(6-10)17(26)27/h1-7,14H,8H2,(H,26,27). The molecule has 1 aromatic heterocycles. The molecule has 2 aromatic carbocycles. The van der Waals surface area contributed by atoms with Gasteiger partial charge < -0.3 is 9.63 Å². The topological polar surface area (TPSA) is 76.2 Å². The van der Waals surface area contributed by atoms with Crippen molar-refractivity contribution in [3.63, 3.8) is 0 Å². The Morgan fingerprint density at radius 3 is 2.50 bits per heavy atom. The van der Waals surface area contributed by atoms with Crippen LogP contribution in [0.15, 0.2) is 47.0 Å². The van der Waals surface area contributed by atoms with E-state index in [1.165, 1.54) is 24.3 Å². The number of nitrogens with zero attached hydrogens (tertiary/aromatic N) is 2. The number of benzene rings is 2. The summed E-state index contributed by atoms with van der Waals surface area (Å²) >= 11 is 0. The molecule has 5 nitrogen and oxygen atoms in total. The van der Waals surface area contributed by atoms with Crippen LogP contribution in [-0.2, 0) is 6.42 Å². The minimum absolute atomic E-state index is 0.0297. The average molecular weight is 398 g/mol. The highest BCUT2D eigenvalue weighted by atomic mass is 19.4. The molecule has 0 saturated heterocycles. The number of aromatic nitrogens is 2. The van der Waals surface area contributed by atoms with Crippen molar-refractivity contribution in [2.75, 3.05) is 0 Å². The van der Waals surface area contributed by atoms with Crippen molar-refractivity contribution in [3.05, 3.63) is 59.2 Å². The van der Waals surface area contributed by atoms with E-state index in [0.29, 0.717) is 0 Å². The van der Waals surface area contributed by atoms with Crippen LogP contribution < -0.4 is 0 Å². The van der Waals surface area contributed by atoms with E-state index < -0.39 is 30.6 Å². The van der Waals surface area contributed by atoms with Gasteiger partial charge in [-0.15, -0.1) is 0 Å². The molecule has 0 unspecified atom stereocenters. The third-order valence-electron chi connectivity index (χ3n) is 3.71. The molecule has 0 atom stereocenters. The van der Waals surface area contributed by atoms with E-state index >= 15 is 0 Å². The number of carboxylic acids is 1. The van der Waals surface area contributed by atoms with Crippen LogP contribution in [0.25, 0.3) is 22.8 Å². The number of hydrogen-bond acceptors (Lipinski definition) is 4. The summed E-state index contributed by atoms with van der Waals surface area (Å²) in [5, 5.41) is 12.7. The maximum absolute atomic E-state index is 13.1. The monoisotopic (exact) mass is 398 g/mol. The Balaban J connectivity index is 2.00. The summed E-state index contributed by atoms with van der Waals surface area (Å²) in [6.07, 6.45) is -8.95. The molecule has 1 N–H and O–H groups in total. The van der Waals surface area contributed by atoms with Crippen molar-refractivity contribution >= 4 is 5.97 Å². The number of halogens is 5. The first-order valence-corrected chi connectivity index (χ1v) is 7.79. The number of hydrogen-bond donors (Lipinski definition) is 1. The van der Waals surface area contributed by atoms with E-state index in [2.05, 4.69) is 10.1 Å². The summed E-state index contributed by atoms with van der Waals surface area (Å²) in [5.74, 6) is -1.47. The fraction of sp³-hybridized carbons (Fsp3) is 0.167. The van der Waals surface area contributed by atoms with Crippen molar-refractivity contribution in [2.24, 2.45) is 0 Å². The highest BCUT2D eigenvalue weighted by Gasteiger charge is 2.29. The molecule has 0 aliphatic heterocycles. The van der Waals surface area contributed by atoms with Crippen LogP contribution in [0.5, 0.6) is 0 Å². The molecule has 0 saturated carbocycles. The van der Waals surface area contributed by atoms with E-state index in [9.17, 15) is 26.7 Å². The Morgan fingerprint density at radius 2 is 1.86 bits per heavy atom. The highest BCUT2D eigenvalue weighted by molar-refractivity contribution is 5.89. The summed E-state index contributed by atoms with van der Waals surface area (Å²) < 4.78 is 69.1. The normalized spacial score (nSPS) is 11.8. The first kappa shape index (κ1) is 19.5. The Morgan fingerprint density at radius 1 is 1.11 bits per heavy atom. The number of aromatic carboxylic acids is 1. The van der Waals surface area contributed by atoms with Gasteiger partial charge >= 0.3 is 12.1 Å². The van der Waals surface area contributed by atoms with Gasteiger partial charge in [-0.05, 0) is 35.9 Å². The number of alkyl halides is 5. The third-order valence-corrected chi connectivity index (χ3v) is 3.71. The van der Waals surface area contributed by atoms with Gasteiger partial charge in [-0.1, -0.05) is 17.3 Å². The molecule has 10 heteroatoms. The second kappa shape index (κ2) is 7.37. The van der Waals surface area contributed by atoms with Crippen molar-refractivity contribution < 1.29 is 36.4 Å². The lowest BCUT2D eigenvalue weighted by Crippen LogP contribution is -2.11. The lowest BCUT2D eigenvalue weighted by atomic mass is 10.0. The van der Waals surface area contributed by atoms with Crippen LogP contribution >= 0.6 is 0 Å². The number of carbonyl (C=O) groups is 1. The van der Waals surface area contributed by atoms with Crippen molar-refractivity contribution in [1.29, 1.82) is 0 Å². The van der Waals surface area contributed by atoms with E-state index in [1.807, 2.05) is 0 Å². The Kier molecular flexibility index (Phi) is 5.12. The maximum Gasteiger partial charge on any atom is 0.393 e. The lowest BCUT2D eigenvalue weighted by molar-refractivity contribution is -0.127. The zero-order valence-electron chi connectivity index (χ0n) is 13.9. The Labute approximate surface area is 154 Å². The van der Waals surface area contributed by atoms with Crippen LogP contribution in [0.1, 0.15) is 27.9 Å². The zero-order valence-corrected chi connectivity index (χ0v) is 13.9. The molecule has 0 radical (unpaired) electrons. The Bertz CT molecular complexity index is 1010. The van der Waals surface area contributed by atoms with E-state index in [-0.39, 0.29) is 34.0 Å². The van der Waals surface area contributed by atoms with Gasteiger partial charge in [0, 0.05) is 16.7 Å². The van der Waals surface area contributed by atoms with Gasteiger partial charge in [-0.2, -0.15) is 18.2 Å². The van der Waals surface area contributed by atoms with Gasteiger partial charge in [-0.3, -0.25) is 0 Å². The van der Waals surface area contributed by atoms with Crippen molar-refractivity contribution in [2.45, 2.75) is 19.0 Å². The molecule has 3 aromatic rings. The molecule has 0 bridgehead atoms. The summed E-state index contributed by atoms with van der Waals surface area (Å²) in [7, 11) is 0. The fourth-order valence-electron chi connectivity index (χ4n) is 2.55. The van der Waals surface area contributed by atoms with Gasteiger partial charge in [0.05, 0.1) is 12.0 Å². The molecule has 0 aliphatic rings. The summed E-state index contributed by atoms with van der Waals surface area (Å²) in [6.45, 7) is 0. The van der Waals surface area contributed by atoms with Crippen LogP contribution in [0, 0.1) is 0 Å². The van der Waals surface area contributed by atoms with Gasteiger partial charge in [0.1, 0.15) is 0 Å². The SMILES string of the molecule is O=C(O)c1cccc(-c2noc(-c3cc(CC(F)(F)F)cc(C(F)F)c3)n2)c1. The minimum atomic E-state index is -4.57. The summed E-state index contributed by atoms with van der Waals surface area (Å²) in [5.41, 5.74) is -0.811. The molecule has 0 spiro atoms. The molecule has 0 fully saturated rings. The van der Waals surface area contributed by atoms with Gasteiger partial charge in [0.2, 0.25) is 5.82 Å². The smallest absolute Gasteiger partial charge is 0.393 e. The molecule has 0 amide bonds. The minimum Gasteiger partial charge on any atom is -0.478 e. The summed E-state index contributed by atoms with van der Waals surface area (Å²) in [4.78, 5) is 15.0. The predicted octanol–water partition coefficient (Wildman–Crippen LogP) is 5.14. The zero-order chi connectivity index (χ0) is 20.5. The lowest BCUT2D eigenvalue weighted by Gasteiger charge is -2.09. The third kappa shape index (κ3) is 4.51. The first-order chi connectivity index (χ1) is 13.1. The van der Waals surface area contributed by atoms with Gasteiger partial charge in [0.15, 0.2) is 0 Å². The van der Waals surface area contributed by atoms with Crippen molar-refractivity contribution in [3.8, 4) is 22.8 Å². The fourth-order valence-corrected chi connectivity index (χ4v) is 2.55. The highest BCUT2D eigenvalue weighted by Crippen LogP contribution is 2.31. The predicted molar refractivity (Wildman–Crippen MR) is 86.8 cm³/mol.